The van der Waals surface area contributed by atoms with Crippen molar-refractivity contribution in [2.45, 2.75) is 12.8 Å². The summed E-state index contributed by atoms with van der Waals surface area (Å²) in [5.74, 6) is 1.21. The van der Waals surface area contributed by atoms with Crippen molar-refractivity contribution in [1.29, 1.82) is 0 Å². The van der Waals surface area contributed by atoms with Crippen molar-refractivity contribution >= 4 is 11.6 Å². The lowest BCUT2D eigenvalue weighted by Crippen LogP contribution is -1.95. The van der Waals surface area contributed by atoms with Crippen LogP contribution in [0, 0.1) is 0 Å². The second-order valence-corrected chi connectivity index (χ2v) is 4.49. The summed E-state index contributed by atoms with van der Waals surface area (Å²) in [6.45, 7) is 2.17. The Labute approximate surface area is 107 Å². The van der Waals surface area contributed by atoms with E-state index < -0.39 is 0 Å². The minimum Gasteiger partial charge on any atom is -0.497 e. The average molecular weight is 247 g/mol. The second-order valence-electron chi connectivity index (χ2n) is 4.05. The van der Waals surface area contributed by atoms with Gasteiger partial charge in [-0.3, -0.25) is 0 Å². The number of ether oxygens (including phenoxy) is 1. The van der Waals surface area contributed by atoms with Crippen molar-refractivity contribution < 1.29 is 4.74 Å². The number of rotatable bonds is 3. The summed E-state index contributed by atoms with van der Waals surface area (Å²) in [4.78, 5) is 0. The minimum atomic E-state index is 0.333. The third-order valence-electron chi connectivity index (χ3n) is 2.96. The summed E-state index contributed by atoms with van der Waals surface area (Å²) >= 11 is 6.00. The molecule has 0 saturated heterocycles. The largest absolute Gasteiger partial charge is 0.497 e. The highest BCUT2D eigenvalue weighted by Crippen LogP contribution is 2.27. The van der Waals surface area contributed by atoms with Gasteiger partial charge in [0.05, 0.1) is 7.11 Å². The van der Waals surface area contributed by atoms with Gasteiger partial charge in [-0.1, -0.05) is 42.8 Å². The Hall–Kier alpha value is -1.47. The molecule has 0 aliphatic rings. The zero-order valence-electron chi connectivity index (χ0n) is 9.98. The van der Waals surface area contributed by atoms with Crippen molar-refractivity contribution in [3.63, 3.8) is 0 Å². The maximum absolute atomic E-state index is 6.00. The molecule has 0 aromatic heterocycles. The molecule has 1 unspecified atom stereocenters. The van der Waals surface area contributed by atoms with Crippen LogP contribution in [0.4, 0.5) is 0 Å². The predicted molar refractivity (Wildman–Crippen MR) is 72.0 cm³/mol. The fourth-order valence-electron chi connectivity index (χ4n) is 1.86. The minimum absolute atomic E-state index is 0.333. The smallest absolute Gasteiger partial charge is 0.118 e. The van der Waals surface area contributed by atoms with Crippen molar-refractivity contribution in [3.05, 3.63) is 64.7 Å². The fourth-order valence-corrected chi connectivity index (χ4v) is 2.06. The van der Waals surface area contributed by atoms with Crippen LogP contribution in [0.2, 0.25) is 5.02 Å². The molecule has 0 fully saturated rings. The van der Waals surface area contributed by atoms with Gasteiger partial charge in [0.2, 0.25) is 0 Å². The molecular formula is C15H15ClO. The Kier molecular flexibility index (Phi) is 3.70. The van der Waals surface area contributed by atoms with Gasteiger partial charge in [-0.25, -0.2) is 0 Å². The van der Waals surface area contributed by atoms with Gasteiger partial charge in [-0.05, 0) is 35.4 Å². The molecule has 2 aromatic carbocycles. The van der Waals surface area contributed by atoms with Crippen LogP contribution in [0.5, 0.6) is 5.75 Å². The molecule has 0 N–H and O–H groups in total. The first-order valence-corrected chi connectivity index (χ1v) is 5.98. The van der Waals surface area contributed by atoms with E-state index in [1.807, 2.05) is 30.3 Å². The van der Waals surface area contributed by atoms with Crippen LogP contribution in [-0.4, -0.2) is 7.11 Å². The topological polar surface area (TPSA) is 9.23 Å². The number of hydrogen-bond acceptors (Lipinski definition) is 1. The molecule has 0 aliphatic carbocycles. The van der Waals surface area contributed by atoms with Crippen LogP contribution in [0.15, 0.2) is 48.5 Å². The maximum atomic E-state index is 6.00. The summed E-state index contributed by atoms with van der Waals surface area (Å²) in [6, 6.07) is 16.1. The fraction of sp³-hybridized carbons (Fsp3) is 0.200. The normalized spacial score (nSPS) is 12.2. The van der Waals surface area contributed by atoms with E-state index in [1.54, 1.807) is 7.11 Å². The monoisotopic (exact) mass is 246 g/mol. The van der Waals surface area contributed by atoms with E-state index in [0.717, 1.165) is 10.8 Å². The van der Waals surface area contributed by atoms with Crippen LogP contribution in [0.25, 0.3) is 0 Å². The molecule has 2 heteroatoms. The van der Waals surface area contributed by atoms with E-state index in [4.69, 9.17) is 16.3 Å². The molecule has 1 nitrogen and oxygen atoms in total. The lowest BCUT2D eigenvalue weighted by molar-refractivity contribution is 0.414. The molecule has 88 valence electrons. The lowest BCUT2D eigenvalue weighted by atomic mass is 9.93. The zero-order chi connectivity index (χ0) is 12.3. The summed E-state index contributed by atoms with van der Waals surface area (Å²) in [7, 11) is 1.68. The Bertz CT molecular complexity index is 491. The molecular weight excluding hydrogens is 232 g/mol. The average Bonchev–Trinajstić information content (AvgIpc) is 2.38. The Morgan fingerprint density at radius 1 is 1.00 bits per heavy atom. The highest BCUT2D eigenvalue weighted by atomic mass is 35.5. The van der Waals surface area contributed by atoms with Crippen molar-refractivity contribution in [2.75, 3.05) is 7.11 Å². The molecule has 0 heterocycles. The van der Waals surface area contributed by atoms with Crippen molar-refractivity contribution in [3.8, 4) is 5.75 Å². The molecule has 0 bridgehead atoms. The first-order valence-electron chi connectivity index (χ1n) is 5.60. The molecule has 17 heavy (non-hydrogen) atoms. The molecule has 0 radical (unpaired) electrons. The number of methoxy groups -OCH3 is 1. The molecule has 0 saturated carbocycles. The van der Waals surface area contributed by atoms with E-state index in [0.29, 0.717) is 5.92 Å². The third kappa shape index (κ3) is 2.80. The van der Waals surface area contributed by atoms with Gasteiger partial charge in [0, 0.05) is 10.9 Å². The molecule has 0 aliphatic heterocycles. The lowest BCUT2D eigenvalue weighted by Gasteiger charge is -2.13. The van der Waals surface area contributed by atoms with Crippen LogP contribution in [0.1, 0.15) is 24.0 Å². The first kappa shape index (κ1) is 12.0. The summed E-state index contributed by atoms with van der Waals surface area (Å²) in [6.07, 6.45) is 0. The van der Waals surface area contributed by atoms with Gasteiger partial charge in [0.15, 0.2) is 0 Å². The van der Waals surface area contributed by atoms with E-state index >= 15 is 0 Å². The first-order chi connectivity index (χ1) is 8.20. The second kappa shape index (κ2) is 5.24. The molecule has 1 atom stereocenters. The van der Waals surface area contributed by atoms with Crippen molar-refractivity contribution in [2.24, 2.45) is 0 Å². The van der Waals surface area contributed by atoms with Crippen molar-refractivity contribution in [1.82, 2.24) is 0 Å². The molecule has 2 aromatic rings. The van der Waals surface area contributed by atoms with Crippen LogP contribution >= 0.6 is 11.6 Å². The standard InChI is InChI=1S/C15H15ClO/c1-11(13-4-3-5-14(16)10-13)12-6-8-15(17-2)9-7-12/h3-11H,1-2H3. The molecule has 2 rings (SSSR count). The predicted octanol–water partition coefficient (Wildman–Crippen LogP) is 4.50. The van der Waals surface area contributed by atoms with E-state index in [1.165, 1.54) is 11.1 Å². The summed E-state index contributed by atoms with van der Waals surface area (Å²) < 4.78 is 5.15. The summed E-state index contributed by atoms with van der Waals surface area (Å²) in [5.41, 5.74) is 2.48. The van der Waals surface area contributed by atoms with Crippen LogP contribution < -0.4 is 4.74 Å². The van der Waals surface area contributed by atoms with Gasteiger partial charge in [-0.15, -0.1) is 0 Å². The summed E-state index contributed by atoms with van der Waals surface area (Å²) in [5, 5.41) is 0.780. The number of benzene rings is 2. The van der Waals surface area contributed by atoms with Gasteiger partial charge in [0.25, 0.3) is 0 Å². The SMILES string of the molecule is COc1ccc(C(C)c2cccc(Cl)c2)cc1. The third-order valence-corrected chi connectivity index (χ3v) is 3.20. The maximum Gasteiger partial charge on any atom is 0.118 e. The van der Waals surface area contributed by atoms with E-state index in [2.05, 4.69) is 25.1 Å². The molecule has 0 amide bonds. The highest BCUT2D eigenvalue weighted by Gasteiger charge is 2.08. The number of halogens is 1. The van der Waals surface area contributed by atoms with E-state index in [-0.39, 0.29) is 0 Å². The van der Waals surface area contributed by atoms with Gasteiger partial charge < -0.3 is 4.74 Å². The highest BCUT2D eigenvalue weighted by molar-refractivity contribution is 6.30. The van der Waals surface area contributed by atoms with Gasteiger partial charge in [-0.2, -0.15) is 0 Å². The van der Waals surface area contributed by atoms with E-state index in [9.17, 15) is 0 Å². The quantitative estimate of drug-likeness (QED) is 0.775. The van der Waals surface area contributed by atoms with Gasteiger partial charge in [0.1, 0.15) is 5.75 Å². The Morgan fingerprint density at radius 2 is 1.71 bits per heavy atom. The van der Waals surface area contributed by atoms with Crippen LogP contribution in [0.3, 0.4) is 0 Å². The molecule has 0 spiro atoms. The Morgan fingerprint density at radius 3 is 2.29 bits per heavy atom. The Balaban J connectivity index is 2.27. The number of hydrogen-bond donors (Lipinski definition) is 0. The van der Waals surface area contributed by atoms with Gasteiger partial charge >= 0.3 is 0 Å². The van der Waals surface area contributed by atoms with Crippen LogP contribution in [-0.2, 0) is 0 Å². The zero-order valence-corrected chi connectivity index (χ0v) is 10.7.